The molecule has 2 aliphatic carbocycles. The summed E-state index contributed by atoms with van der Waals surface area (Å²) in [4.78, 5) is 12.1. The number of amides is 1. The number of nitrogens with one attached hydrogen (secondary N) is 1. The molecular formula is C16H29NO3. The second kappa shape index (κ2) is 6.90. The minimum absolute atomic E-state index is 0.0121. The van der Waals surface area contributed by atoms with Crippen LogP contribution in [0.2, 0.25) is 0 Å². The highest BCUT2D eigenvalue weighted by molar-refractivity contribution is 5.77. The second-order valence-electron chi connectivity index (χ2n) is 6.83. The average Bonchev–Trinajstić information content (AvgIpc) is 2.37. The topological polar surface area (TPSA) is 58.6 Å². The van der Waals surface area contributed by atoms with E-state index in [9.17, 15) is 9.90 Å². The van der Waals surface area contributed by atoms with E-state index in [1.165, 1.54) is 25.7 Å². The Bertz CT molecular complexity index is 320. The van der Waals surface area contributed by atoms with Crippen LogP contribution in [-0.2, 0) is 9.53 Å². The third kappa shape index (κ3) is 4.19. The van der Waals surface area contributed by atoms with Gasteiger partial charge in [-0.15, -0.1) is 0 Å². The fraction of sp³-hybridized carbons (Fsp3) is 0.938. The molecule has 0 aromatic heterocycles. The summed E-state index contributed by atoms with van der Waals surface area (Å²) in [7, 11) is 1.73. The Kier molecular flexibility index (Phi) is 5.44. The molecular weight excluding hydrogens is 254 g/mol. The van der Waals surface area contributed by atoms with Crippen molar-refractivity contribution in [2.75, 3.05) is 20.3 Å². The van der Waals surface area contributed by atoms with Crippen molar-refractivity contribution in [3.63, 3.8) is 0 Å². The maximum atomic E-state index is 12.1. The third-order valence-electron chi connectivity index (χ3n) is 5.19. The highest BCUT2D eigenvalue weighted by atomic mass is 16.5. The van der Waals surface area contributed by atoms with Crippen LogP contribution in [0.1, 0.15) is 64.2 Å². The molecule has 0 atom stereocenters. The number of rotatable bonds is 7. The lowest BCUT2D eigenvalue weighted by Gasteiger charge is -2.42. The molecule has 0 unspecified atom stereocenters. The van der Waals surface area contributed by atoms with Crippen molar-refractivity contribution in [1.82, 2.24) is 5.32 Å². The molecule has 2 aliphatic rings. The zero-order chi connectivity index (χ0) is 14.5. The van der Waals surface area contributed by atoms with Crippen LogP contribution in [0.4, 0.5) is 0 Å². The van der Waals surface area contributed by atoms with Crippen LogP contribution in [0.15, 0.2) is 0 Å². The number of carbonyl (C=O) groups excluding carboxylic acids is 1. The first-order valence-corrected chi connectivity index (χ1v) is 8.06. The van der Waals surface area contributed by atoms with E-state index in [1.54, 1.807) is 7.11 Å². The van der Waals surface area contributed by atoms with Gasteiger partial charge in [0, 0.05) is 20.3 Å². The number of hydrogen-bond acceptors (Lipinski definition) is 3. The number of ether oxygens (including phenoxy) is 1. The minimum atomic E-state index is -0.748. The van der Waals surface area contributed by atoms with E-state index in [-0.39, 0.29) is 17.7 Å². The van der Waals surface area contributed by atoms with Crippen LogP contribution >= 0.6 is 0 Å². The Hall–Kier alpha value is -0.610. The largest absolute Gasteiger partial charge is 0.389 e. The van der Waals surface area contributed by atoms with Gasteiger partial charge in [-0.05, 0) is 37.5 Å². The summed E-state index contributed by atoms with van der Waals surface area (Å²) in [5, 5.41) is 13.5. The fourth-order valence-electron chi connectivity index (χ4n) is 3.54. The van der Waals surface area contributed by atoms with Crippen molar-refractivity contribution >= 4 is 5.91 Å². The Labute approximate surface area is 122 Å². The molecule has 0 aromatic carbocycles. The lowest BCUT2D eigenvalue weighted by Crippen LogP contribution is -2.45. The summed E-state index contributed by atoms with van der Waals surface area (Å²) in [5.41, 5.74) is -0.498. The number of aliphatic hydroxyl groups is 1. The molecule has 2 N–H and O–H groups in total. The van der Waals surface area contributed by atoms with Gasteiger partial charge in [0.1, 0.15) is 0 Å². The van der Waals surface area contributed by atoms with Gasteiger partial charge in [-0.3, -0.25) is 4.79 Å². The fourth-order valence-corrected chi connectivity index (χ4v) is 3.54. The summed E-state index contributed by atoms with van der Waals surface area (Å²) >= 11 is 0. The van der Waals surface area contributed by atoms with E-state index < -0.39 is 5.60 Å². The molecule has 0 spiro atoms. The number of carbonyl (C=O) groups is 1. The van der Waals surface area contributed by atoms with Gasteiger partial charge in [0.15, 0.2) is 0 Å². The van der Waals surface area contributed by atoms with Gasteiger partial charge < -0.3 is 15.2 Å². The zero-order valence-electron chi connectivity index (χ0n) is 12.7. The molecule has 4 nitrogen and oxygen atoms in total. The Morgan fingerprint density at radius 1 is 1.15 bits per heavy atom. The molecule has 0 heterocycles. The van der Waals surface area contributed by atoms with E-state index in [0.717, 1.165) is 45.3 Å². The molecule has 20 heavy (non-hydrogen) atoms. The SMILES string of the molecule is COCCC1(CNC(=O)CC2(O)CCCCC2)CCC1. The van der Waals surface area contributed by atoms with Gasteiger partial charge in [-0.1, -0.05) is 25.7 Å². The maximum Gasteiger partial charge on any atom is 0.222 e. The first kappa shape index (κ1) is 15.8. The molecule has 0 saturated heterocycles. The minimum Gasteiger partial charge on any atom is -0.389 e. The monoisotopic (exact) mass is 283 g/mol. The molecule has 0 bridgehead atoms. The van der Waals surface area contributed by atoms with Crippen LogP contribution in [0, 0.1) is 5.41 Å². The highest BCUT2D eigenvalue weighted by Gasteiger charge is 2.37. The average molecular weight is 283 g/mol. The first-order chi connectivity index (χ1) is 9.58. The van der Waals surface area contributed by atoms with Crippen molar-refractivity contribution in [3.8, 4) is 0 Å². The van der Waals surface area contributed by atoms with Crippen molar-refractivity contribution in [1.29, 1.82) is 0 Å². The van der Waals surface area contributed by atoms with Gasteiger partial charge in [-0.2, -0.15) is 0 Å². The normalized spacial score (nSPS) is 23.9. The maximum absolute atomic E-state index is 12.1. The molecule has 2 fully saturated rings. The summed E-state index contributed by atoms with van der Waals surface area (Å²) in [5.74, 6) is 0.0121. The first-order valence-electron chi connectivity index (χ1n) is 8.06. The standard InChI is InChI=1S/C16H29NO3/c1-20-11-10-15(6-5-7-15)13-17-14(18)12-16(19)8-3-2-4-9-16/h19H,2-13H2,1H3,(H,17,18). The van der Waals surface area contributed by atoms with Gasteiger partial charge in [0.2, 0.25) is 5.91 Å². The van der Waals surface area contributed by atoms with E-state index in [0.29, 0.717) is 0 Å². The van der Waals surface area contributed by atoms with Gasteiger partial charge in [0.25, 0.3) is 0 Å². The van der Waals surface area contributed by atoms with Crippen LogP contribution in [0.25, 0.3) is 0 Å². The van der Waals surface area contributed by atoms with Crippen LogP contribution in [0.3, 0.4) is 0 Å². The van der Waals surface area contributed by atoms with Crippen LogP contribution in [-0.4, -0.2) is 36.9 Å². The number of hydrogen-bond donors (Lipinski definition) is 2. The van der Waals surface area contributed by atoms with Crippen molar-refractivity contribution in [2.24, 2.45) is 5.41 Å². The lowest BCUT2D eigenvalue weighted by atomic mass is 9.66. The smallest absolute Gasteiger partial charge is 0.222 e. The molecule has 0 radical (unpaired) electrons. The van der Waals surface area contributed by atoms with Gasteiger partial charge in [0.05, 0.1) is 12.0 Å². The molecule has 2 saturated carbocycles. The van der Waals surface area contributed by atoms with E-state index >= 15 is 0 Å². The van der Waals surface area contributed by atoms with Crippen LogP contribution < -0.4 is 5.32 Å². The molecule has 2 rings (SSSR count). The summed E-state index contributed by atoms with van der Waals surface area (Å²) in [6.07, 6.45) is 9.73. The Morgan fingerprint density at radius 2 is 1.85 bits per heavy atom. The van der Waals surface area contributed by atoms with E-state index in [1.807, 2.05) is 0 Å². The Morgan fingerprint density at radius 3 is 2.40 bits per heavy atom. The predicted molar refractivity (Wildman–Crippen MR) is 78.4 cm³/mol. The highest BCUT2D eigenvalue weighted by Crippen LogP contribution is 2.43. The van der Waals surface area contributed by atoms with Gasteiger partial charge in [-0.25, -0.2) is 0 Å². The van der Waals surface area contributed by atoms with Crippen LogP contribution in [0.5, 0.6) is 0 Å². The van der Waals surface area contributed by atoms with Crippen molar-refractivity contribution < 1.29 is 14.6 Å². The number of methoxy groups -OCH3 is 1. The molecule has 4 heteroatoms. The predicted octanol–water partition coefficient (Wildman–Crippen LogP) is 2.39. The molecule has 0 aromatic rings. The van der Waals surface area contributed by atoms with E-state index in [2.05, 4.69) is 5.32 Å². The second-order valence-corrected chi connectivity index (χ2v) is 6.83. The Balaban J connectivity index is 1.73. The molecule has 1 amide bonds. The van der Waals surface area contributed by atoms with Crippen molar-refractivity contribution in [2.45, 2.75) is 69.8 Å². The zero-order valence-corrected chi connectivity index (χ0v) is 12.7. The third-order valence-corrected chi connectivity index (χ3v) is 5.19. The summed E-state index contributed by atoms with van der Waals surface area (Å²) in [6, 6.07) is 0. The molecule has 116 valence electrons. The van der Waals surface area contributed by atoms with Crippen molar-refractivity contribution in [3.05, 3.63) is 0 Å². The molecule has 0 aliphatic heterocycles. The summed E-state index contributed by atoms with van der Waals surface area (Å²) in [6.45, 7) is 1.51. The van der Waals surface area contributed by atoms with Gasteiger partial charge >= 0.3 is 0 Å². The lowest BCUT2D eigenvalue weighted by molar-refractivity contribution is -0.128. The summed E-state index contributed by atoms with van der Waals surface area (Å²) < 4.78 is 5.16. The van der Waals surface area contributed by atoms with E-state index in [4.69, 9.17) is 4.74 Å². The quantitative estimate of drug-likeness (QED) is 0.754.